The highest BCUT2D eigenvalue weighted by atomic mass is 19.4. The van der Waals surface area contributed by atoms with Crippen molar-refractivity contribution in [2.45, 2.75) is 43.9 Å². The minimum atomic E-state index is -4.55. The highest BCUT2D eigenvalue weighted by Crippen LogP contribution is 2.48. The molecule has 3 aromatic heterocycles. The van der Waals surface area contributed by atoms with E-state index in [0.29, 0.717) is 34.2 Å². The van der Waals surface area contributed by atoms with Crippen molar-refractivity contribution in [2.24, 2.45) is 11.8 Å². The summed E-state index contributed by atoms with van der Waals surface area (Å²) in [5.41, 5.74) is 12.6. The fraction of sp³-hybridized carbons (Fsp3) is 0.375. The zero-order chi connectivity index (χ0) is 24.5. The van der Waals surface area contributed by atoms with Crippen LogP contribution in [0.4, 0.5) is 24.8 Å². The van der Waals surface area contributed by atoms with Gasteiger partial charge in [-0.3, -0.25) is 0 Å². The molecule has 2 fully saturated rings. The summed E-state index contributed by atoms with van der Waals surface area (Å²) in [7, 11) is 0. The van der Waals surface area contributed by atoms with E-state index in [9.17, 15) is 18.3 Å². The third-order valence-electron chi connectivity index (χ3n) is 7.31. The second-order valence-corrected chi connectivity index (χ2v) is 9.35. The van der Waals surface area contributed by atoms with Crippen LogP contribution in [0.1, 0.15) is 30.2 Å². The van der Waals surface area contributed by atoms with Gasteiger partial charge < -0.3 is 25.9 Å². The van der Waals surface area contributed by atoms with Gasteiger partial charge in [-0.1, -0.05) is 12.1 Å². The van der Waals surface area contributed by atoms with Crippen molar-refractivity contribution >= 4 is 33.6 Å². The summed E-state index contributed by atoms with van der Waals surface area (Å²) in [4.78, 5) is 12.3. The van der Waals surface area contributed by atoms with Gasteiger partial charge in [-0.2, -0.15) is 13.2 Å². The van der Waals surface area contributed by atoms with Crippen LogP contribution < -0.4 is 11.5 Å². The van der Waals surface area contributed by atoms with Crippen molar-refractivity contribution in [1.29, 1.82) is 0 Å². The number of hydrogen-bond donors (Lipinski definition) is 3. The molecule has 182 valence electrons. The van der Waals surface area contributed by atoms with Gasteiger partial charge in [0.05, 0.1) is 22.6 Å². The molecule has 35 heavy (non-hydrogen) atoms. The van der Waals surface area contributed by atoms with E-state index >= 15 is 0 Å². The van der Waals surface area contributed by atoms with Crippen molar-refractivity contribution < 1.29 is 23.0 Å². The number of pyridine rings is 1. The molecular weight excluding hydrogens is 461 g/mol. The maximum Gasteiger partial charge on any atom is 0.419 e. The summed E-state index contributed by atoms with van der Waals surface area (Å²) in [5, 5.41) is 12.2. The lowest BCUT2D eigenvalue weighted by molar-refractivity contribution is -0.137. The number of aliphatic hydroxyl groups excluding tert-OH is 1. The summed E-state index contributed by atoms with van der Waals surface area (Å²) < 4.78 is 47.6. The largest absolute Gasteiger partial charge is 0.419 e. The van der Waals surface area contributed by atoms with Crippen LogP contribution in [0.15, 0.2) is 42.9 Å². The molecule has 2 aliphatic rings. The second kappa shape index (κ2) is 7.79. The molecule has 1 aliphatic carbocycles. The molecule has 4 heterocycles. The smallest absolute Gasteiger partial charge is 0.388 e. The average molecular weight is 484 g/mol. The van der Waals surface area contributed by atoms with Crippen molar-refractivity contribution in [3.05, 3.63) is 54.0 Å². The number of nitrogens with zero attached hydrogens (tertiary/aromatic N) is 4. The van der Waals surface area contributed by atoms with E-state index in [2.05, 4.69) is 15.0 Å². The summed E-state index contributed by atoms with van der Waals surface area (Å²) in [5.74, 6) is -0.0422. The monoisotopic (exact) mass is 484 g/mol. The fourth-order valence-electron chi connectivity index (χ4n) is 5.64. The average Bonchev–Trinajstić information content (AvgIpc) is 3.48. The highest BCUT2D eigenvalue weighted by molar-refractivity contribution is 5.86. The van der Waals surface area contributed by atoms with Crippen LogP contribution in [0.25, 0.3) is 21.9 Å². The minimum Gasteiger partial charge on any atom is -0.388 e. The first-order valence-corrected chi connectivity index (χ1v) is 11.4. The first-order chi connectivity index (χ1) is 16.7. The molecule has 8 nitrogen and oxygen atoms in total. The summed E-state index contributed by atoms with van der Waals surface area (Å²) in [6.07, 6.45) is -0.463. The number of fused-ring (bicyclic) bond motifs is 3. The fourth-order valence-corrected chi connectivity index (χ4v) is 5.64. The summed E-state index contributed by atoms with van der Waals surface area (Å²) in [6, 6.07) is 8.08. The molecule has 0 radical (unpaired) electrons. The highest BCUT2D eigenvalue weighted by Gasteiger charge is 2.51. The van der Waals surface area contributed by atoms with Crippen LogP contribution >= 0.6 is 0 Å². The Morgan fingerprint density at radius 3 is 2.71 bits per heavy atom. The van der Waals surface area contributed by atoms with Gasteiger partial charge in [-0.15, -0.1) is 0 Å². The first kappa shape index (κ1) is 22.1. The first-order valence-electron chi connectivity index (χ1n) is 11.4. The molecular formula is C24H23F3N6O2. The molecule has 1 unspecified atom stereocenters. The van der Waals surface area contributed by atoms with E-state index in [1.54, 1.807) is 22.9 Å². The Hall–Kier alpha value is -3.44. The Kier molecular flexibility index (Phi) is 4.91. The molecule has 0 amide bonds. The third-order valence-corrected chi connectivity index (χ3v) is 7.31. The maximum atomic E-state index is 13.2. The lowest BCUT2D eigenvalue weighted by Crippen LogP contribution is -2.24. The van der Waals surface area contributed by atoms with E-state index in [4.69, 9.17) is 16.2 Å². The van der Waals surface area contributed by atoms with Gasteiger partial charge in [-0.25, -0.2) is 15.0 Å². The number of halogens is 3. The molecule has 1 aromatic carbocycles. The molecule has 4 aromatic rings. The molecule has 1 saturated carbocycles. The third kappa shape index (κ3) is 3.57. The summed E-state index contributed by atoms with van der Waals surface area (Å²) in [6.45, 7) is 0. The van der Waals surface area contributed by atoms with Gasteiger partial charge in [-0.05, 0) is 48.9 Å². The van der Waals surface area contributed by atoms with Crippen molar-refractivity contribution in [3.63, 3.8) is 0 Å². The Morgan fingerprint density at radius 2 is 1.91 bits per heavy atom. The maximum absolute atomic E-state index is 13.2. The number of rotatable bonds is 3. The van der Waals surface area contributed by atoms with E-state index in [0.717, 1.165) is 24.5 Å². The molecule has 1 saturated heterocycles. The molecule has 5 atom stereocenters. The number of alkyl halides is 3. The number of benzene rings is 1. The van der Waals surface area contributed by atoms with Gasteiger partial charge in [0.1, 0.15) is 29.7 Å². The van der Waals surface area contributed by atoms with Gasteiger partial charge >= 0.3 is 6.18 Å². The van der Waals surface area contributed by atoms with Crippen LogP contribution in [0, 0.1) is 11.8 Å². The number of aromatic nitrogens is 4. The Morgan fingerprint density at radius 1 is 1.09 bits per heavy atom. The number of anilines is 2. The van der Waals surface area contributed by atoms with Crippen LogP contribution in [0.2, 0.25) is 0 Å². The lowest BCUT2D eigenvalue weighted by Gasteiger charge is -2.22. The number of hydrogen-bond acceptors (Lipinski definition) is 7. The van der Waals surface area contributed by atoms with E-state index in [1.165, 1.54) is 6.33 Å². The second-order valence-electron chi connectivity index (χ2n) is 9.35. The molecule has 0 bridgehead atoms. The number of aliphatic hydroxyl groups is 1. The topological polar surface area (TPSA) is 125 Å². The zero-order valence-corrected chi connectivity index (χ0v) is 18.5. The van der Waals surface area contributed by atoms with Gasteiger partial charge in [0.2, 0.25) is 0 Å². The number of ether oxygens (including phenoxy) is 1. The standard InChI is InChI=1S/C24H23F3N6O2/c25-24(26,27)16-9-12-2-1-11(8-17(12)32-21(16)29)7-13-3-4-14-18(34)23(35-19(13)14)33-6-5-15-20(28)30-10-31-22(15)33/h1-2,5-6,8-10,13-14,18-19,23,34H,3-4,7H2,(H2,29,32)(H2,28,30,31)/t13-,14?,18+,19+,23+/m0/s1. The van der Waals surface area contributed by atoms with E-state index in [-0.39, 0.29) is 17.9 Å². The summed E-state index contributed by atoms with van der Waals surface area (Å²) >= 11 is 0. The van der Waals surface area contributed by atoms with Crippen molar-refractivity contribution in [1.82, 2.24) is 19.5 Å². The molecule has 11 heteroatoms. The number of nitrogens with two attached hydrogens (primary N) is 2. The van der Waals surface area contributed by atoms with E-state index < -0.39 is 29.9 Å². The van der Waals surface area contributed by atoms with E-state index in [1.807, 2.05) is 12.1 Å². The normalized spacial score (nSPS) is 26.6. The predicted octanol–water partition coefficient (Wildman–Crippen LogP) is 3.69. The van der Waals surface area contributed by atoms with Crippen molar-refractivity contribution in [3.8, 4) is 0 Å². The van der Waals surface area contributed by atoms with Crippen LogP contribution in [-0.2, 0) is 17.3 Å². The zero-order valence-electron chi connectivity index (χ0n) is 18.5. The lowest BCUT2D eigenvalue weighted by atomic mass is 9.93. The van der Waals surface area contributed by atoms with Crippen LogP contribution in [0.3, 0.4) is 0 Å². The van der Waals surface area contributed by atoms with Crippen LogP contribution in [-0.4, -0.2) is 36.8 Å². The Labute approximate surface area is 197 Å². The van der Waals surface area contributed by atoms with Gasteiger partial charge in [0.15, 0.2) is 6.23 Å². The molecule has 1 aliphatic heterocycles. The van der Waals surface area contributed by atoms with Crippen LogP contribution in [0.5, 0.6) is 0 Å². The molecule has 6 rings (SSSR count). The Balaban J connectivity index is 1.25. The molecule has 0 spiro atoms. The molecule has 5 N–H and O–H groups in total. The SMILES string of the molecule is Nc1nc2cc(C[C@@H]3CCC4[C@@H](O)[C@H](n5ccc6c(N)ncnc65)O[C@@H]43)ccc2cc1C(F)(F)F. The number of nitrogen functional groups attached to an aromatic ring is 2. The van der Waals surface area contributed by atoms with Crippen molar-refractivity contribution in [2.75, 3.05) is 11.5 Å². The predicted molar refractivity (Wildman–Crippen MR) is 123 cm³/mol. The minimum absolute atomic E-state index is 0.0230. The van der Waals surface area contributed by atoms with Gasteiger partial charge in [0.25, 0.3) is 0 Å². The quantitative estimate of drug-likeness (QED) is 0.405. The Bertz CT molecular complexity index is 1440. The van der Waals surface area contributed by atoms with Gasteiger partial charge in [0, 0.05) is 17.5 Å².